The molecule has 6 bridgehead atoms. The fourth-order valence-corrected chi connectivity index (χ4v) is 6.24. The first-order chi connectivity index (χ1) is 24.2. The molecule has 9 nitrogen and oxygen atoms in total. The molecule has 2 aliphatic heterocycles. The van der Waals surface area contributed by atoms with E-state index in [0.29, 0.717) is 41.1 Å². The average Bonchev–Trinajstić information content (AvgIpc) is 3.75. The van der Waals surface area contributed by atoms with Crippen LogP contribution in [0.5, 0.6) is 11.5 Å². The molecule has 3 aromatic heterocycles. The number of ether oxygens (including phenoxy) is 2. The van der Waals surface area contributed by atoms with E-state index in [1.807, 2.05) is 49.4 Å². The van der Waals surface area contributed by atoms with Gasteiger partial charge in [0.1, 0.15) is 11.6 Å². The van der Waals surface area contributed by atoms with Crippen LogP contribution in [0.3, 0.4) is 0 Å². The molecule has 0 spiro atoms. The lowest BCUT2D eigenvalue weighted by atomic mass is 9.77. The number of allylic oxidation sites excluding steroid dienone is 1. The summed E-state index contributed by atoms with van der Waals surface area (Å²) in [5, 5.41) is 5.59. The van der Waals surface area contributed by atoms with Gasteiger partial charge in [-0.1, -0.05) is 30.3 Å². The Kier molecular flexibility index (Phi) is 8.80. The molecule has 1 N–H and O–H groups in total. The highest BCUT2D eigenvalue weighted by atomic mass is 19.1. The van der Waals surface area contributed by atoms with E-state index in [-0.39, 0.29) is 35.9 Å². The van der Waals surface area contributed by atoms with Crippen molar-refractivity contribution in [3.63, 3.8) is 0 Å². The zero-order chi connectivity index (χ0) is 34.8. The van der Waals surface area contributed by atoms with Gasteiger partial charge in [-0.05, 0) is 74.2 Å². The summed E-state index contributed by atoms with van der Waals surface area (Å²) >= 11 is 0. The highest BCUT2D eigenvalue weighted by Gasteiger charge is 2.34. The normalized spacial score (nSPS) is 16.7. The smallest absolute Gasteiger partial charge is 0.330 e. The summed E-state index contributed by atoms with van der Waals surface area (Å²) in [6, 6.07) is 15.3. The van der Waals surface area contributed by atoms with Gasteiger partial charge in [0.2, 0.25) is 0 Å². The molecule has 0 radical (unpaired) electrons. The van der Waals surface area contributed by atoms with E-state index in [0.717, 1.165) is 16.5 Å². The van der Waals surface area contributed by atoms with Crippen molar-refractivity contribution in [3.8, 4) is 22.9 Å². The predicted octanol–water partition coefficient (Wildman–Crippen LogP) is 8.10. The monoisotopic (exact) mass is 672 g/mol. The first kappa shape index (κ1) is 32.6. The standard InChI is InChI=1S/C39H34F2N6O3/c1-4-49-35(48)14-11-24-8-7-9-25(18-24)39(2)16-6-5-10-26-22-44-27(23-43-26)19-30-29-15-17-42-34(29)21-33(41)36(30)50-28-12-13-32(40)31(20-28)37-45-38(39)46-47(37)3/h5,7-15,17-18,20-23,42H,4,6,16,19H2,1-3H3/b10-5+,14-11+. The van der Waals surface area contributed by atoms with Crippen LogP contribution in [0.25, 0.3) is 34.4 Å². The number of hydrogen-bond acceptors (Lipinski definition) is 7. The third kappa shape index (κ3) is 6.41. The van der Waals surface area contributed by atoms with Gasteiger partial charge < -0.3 is 14.5 Å². The van der Waals surface area contributed by atoms with Crippen molar-refractivity contribution in [2.75, 3.05) is 6.61 Å². The van der Waals surface area contributed by atoms with E-state index >= 15 is 8.78 Å². The Balaban J connectivity index is 1.36. The molecule has 252 valence electrons. The summed E-state index contributed by atoms with van der Waals surface area (Å²) in [6.07, 6.45) is 13.6. The number of carbonyl (C=O) groups is 1. The number of fused-ring (bicyclic) bond motifs is 6. The van der Waals surface area contributed by atoms with Gasteiger partial charge in [-0.25, -0.2) is 23.2 Å². The molecule has 2 aliphatic rings. The molecule has 8 rings (SSSR count). The van der Waals surface area contributed by atoms with Crippen LogP contribution >= 0.6 is 0 Å². The van der Waals surface area contributed by atoms with E-state index in [2.05, 4.69) is 15.0 Å². The maximum atomic E-state index is 15.7. The summed E-state index contributed by atoms with van der Waals surface area (Å²) in [5.74, 6) is -0.517. The molecular weight excluding hydrogens is 638 g/mol. The molecule has 0 fully saturated rings. The molecule has 1 unspecified atom stereocenters. The van der Waals surface area contributed by atoms with Crippen LogP contribution in [0.4, 0.5) is 8.78 Å². The summed E-state index contributed by atoms with van der Waals surface area (Å²) in [7, 11) is 1.71. The summed E-state index contributed by atoms with van der Waals surface area (Å²) < 4.78 is 44.1. The number of aromatic amines is 1. The van der Waals surface area contributed by atoms with Crippen molar-refractivity contribution < 1.29 is 23.0 Å². The molecule has 1 atom stereocenters. The lowest BCUT2D eigenvalue weighted by Crippen LogP contribution is -2.25. The Bertz CT molecular complexity index is 2270. The average molecular weight is 673 g/mol. The zero-order valence-electron chi connectivity index (χ0n) is 27.8. The SMILES string of the molecule is CCOC(=O)/C=C/c1cccc(C2(C)CC/C=C/c3cnc(cn3)Cc3c(c(F)cc4[nH]ccc34)Oc3ccc(F)c(c3)-c3nc2nn3C)c1. The van der Waals surface area contributed by atoms with Crippen molar-refractivity contribution in [1.29, 1.82) is 0 Å². The number of aryl methyl sites for hydroxylation is 1. The van der Waals surface area contributed by atoms with Crippen LogP contribution in [0.15, 0.2) is 85.3 Å². The Morgan fingerprint density at radius 2 is 1.98 bits per heavy atom. The molecule has 11 heteroatoms. The third-order valence-corrected chi connectivity index (χ3v) is 8.93. The van der Waals surface area contributed by atoms with Crippen molar-refractivity contribution in [2.24, 2.45) is 7.05 Å². The molecule has 0 aliphatic carbocycles. The number of benzene rings is 3. The molecule has 6 aromatic rings. The number of aromatic nitrogens is 6. The topological polar surface area (TPSA) is 108 Å². The van der Waals surface area contributed by atoms with Gasteiger partial charge in [0, 0.05) is 54.5 Å². The first-order valence-electron chi connectivity index (χ1n) is 16.3. The van der Waals surface area contributed by atoms with Crippen molar-refractivity contribution >= 4 is 29.0 Å². The maximum Gasteiger partial charge on any atom is 0.330 e. The van der Waals surface area contributed by atoms with Crippen LogP contribution in [0.2, 0.25) is 0 Å². The van der Waals surface area contributed by atoms with Crippen molar-refractivity contribution in [1.82, 2.24) is 29.7 Å². The van der Waals surface area contributed by atoms with Gasteiger partial charge in [0.05, 0.1) is 35.2 Å². The van der Waals surface area contributed by atoms with E-state index in [9.17, 15) is 4.79 Å². The van der Waals surface area contributed by atoms with Gasteiger partial charge in [0.25, 0.3) is 0 Å². The van der Waals surface area contributed by atoms with Gasteiger partial charge >= 0.3 is 5.97 Å². The Morgan fingerprint density at radius 3 is 2.80 bits per heavy atom. The number of nitrogens with zero attached hydrogens (tertiary/aromatic N) is 5. The second-order valence-electron chi connectivity index (χ2n) is 12.3. The molecule has 50 heavy (non-hydrogen) atoms. The lowest BCUT2D eigenvalue weighted by Gasteiger charge is -2.27. The summed E-state index contributed by atoms with van der Waals surface area (Å²) in [5.41, 5.74) is 3.63. The van der Waals surface area contributed by atoms with E-state index in [1.54, 1.807) is 43.3 Å². The molecule has 3 aromatic carbocycles. The second kappa shape index (κ2) is 13.5. The fourth-order valence-electron chi connectivity index (χ4n) is 6.24. The fraction of sp³-hybridized carbons (Fsp3) is 0.205. The molecular formula is C39H34F2N6O3. The number of nitrogens with one attached hydrogen (secondary N) is 1. The minimum absolute atomic E-state index is 0.0152. The minimum Gasteiger partial charge on any atom is -0.463 e. The third-order valence-electron chi connectivity index (χ3n) is 8.93. The molecule has 5 heterocycles. The van der Waals surface area contributed by atoms with Gasteiger partial charge in [0.15, 0.2) is 23.2 Å². The quantitative estimate of drug-likeness (QED) is 0.149. The van der Waals surface area contributed by atoms with Crippen LogP contribution in [-0.2, 0) is 28.4 Å². The number of rotatable bonds is 4. The van der Waals surface area contributed by atoms with Crippen molar-refractivity contribution in [2.45, 2.75) is 38.5 Å². The van der Waals surface area contributed by atoms with Crippen LogP contribution < -0.4 is 4.74 Å². The summed E-state index contributed by atoms with van der Waals surface area (Å²) in [4.78, 5) is 29.2. The maximum absolute atomic E-state index is 15.7. The minimum atomic E-state index is -0.735. The predicted molar refractivity (Wildman–Crippen MR) is 186 cm³/mol. The van der Waals surface area contributed by atoms with Gasteiger partial charge in [-0.15, -0.1) is 0 Å². The van der Waals surface area contributed by atoms with E-state index in [1.165, 1.54) is 30.3 Å². The summed E-state index contributed by atoms with van der Waals surface area (Å²) in [6.45, 7) is 4.09. The number of halogens is 2. The second-order valence-corrected chi connectivity index (χ2v) is 12.3. The van der Waals surface area contributed by atoms with E-state index in [4.69, 9.17) is 19.6 Å². The van der Waals surface area contributed by atoms with Crippen LogP contribution in [-0.4, -0.2) is 42.3 Å². The highest BCUT2D eigenvalue weighted by Crippen LogP contribution is 2.39. The highest BCUT2D eigenvalue weighted by molar-refractivity contribution is 5.87. The van der Waals surface area contributed by atoms with Gasteiger partial charge in [-0.2, -0.15) is 5.10 Å². The van der Waals surface area contributed by atoms with Crippen molar-refractivity contribution in [3.05, 3.63) is 131 Å². The number of H-pyrrole nitrogens is 1. The molecule has 0 saturated carbocycles. The first-order valence-corrected chi connectivity index (χ1v) is 16.3. The zero-order valence-corrected chi connectivity index (χ0v) is 27.8. The Hall–Kier alpha value is -5.97. The molecule has 0 saturated heterocycles. The van der Waals surface area contributed by atoms with E-state index < -0.39 is 23.0 Å². The largest absolute Gasteiger partial charge is 0.463 e. The Morgan fingerprint density at radius 1 is 1.10 bits per heavy atom. The number of carbonyl (C=O) groups excluding carboxylic acids is 1. The lowest BCUT2D eigenvalue weighted by molar-refractivity contribution is -0.137. The Labute approximate surface area is 287 Å². The number of hydrogen-bond donors (Lipinski definition) is 1. The number of esters is 1. The van der Waals surface area contributed by atoms with Crippen LogP contribution in [0.1, 0.15) is 60.6 Å². The van der Waals surface area contributed by atoms with Crippen LogP contribution in [0, 0.1) is 11.6 Å². The van der Waals surface area contributed by atoms with Gasteiger partial charge in [-0.3, -0.25) is 9.97 Å². The molecule has 0 amide bonds.